The van der Waals surface area contributed by atoms with Gasteiger partial charge in [-0.1, -0.05) is 6.07 Å². The van der Waals surface area contributed by atoms with E-state index >= 15 is 0 Å². The zero-order chi connectivity index (χ0) is 25.4. The molecule has 9 nitrogen and oxygen atoms in total. The molecule has 1 fully saturated rings. The molecule has 5 rings (SSSR count). The summed E-state index contributed by atoms with van der Waals surface area (Å²) in [5.74, 6) is 0.0197. The van der Waals surface area contributed by atoms with Crippen LogP contribution in [0.5, 0.6) is 0 Å². The van der Waals surface area contributed by atoms with Gasteiger partial charge in [0.05, 0.1) is 0 Å². The molecule has 3 heterocycles. The standard InChI is InChI=1S/C27H29N5O4/c1-27(2,3)36-26(34)32-14-12-31(13-15-32)20-8-6-18(7-9-20)23-22(24(28)33)30-25(35-23)19-5-4-17-10-11-29-21(17)16-19/h4-11,16,29H,12-15H2,1-3H3,(H2,28,33). The second-order valence-electron chi connectivity index (χ2n) is 9.84. The van der Waals surface area contributed by atoms with Crippen LogP contribution in [0, 0.1) is 0 Å². The Morgan fingerprint density at radius 1 is 1.00 bits per heavy atom. The van der Waals surface area contributed by atoms with Crippen molar-refractivity contribution in [2.45, 2.75) is 26.4 Å². The Morgan fingerprint density at radius 3 is 2.36 bits per heavy atom. The van der Waals surface area contributed by atoms with E-state index < -0.39 is 11.5 Å². The number of amides is 2. The van der Waals surface area contributed by atoms with Crippen molar-refractivity contribution in [3.05, 3.63) is 60.4 Å². The van der Waals surface area contributed by atoms with E-state index in [1.165, 1.54) is 0 Å². The number of piperazine rings is 1. The number of anilines is 1. The minimum Gasteiger partial charge on any atom is -0.444 e. The van der Waals surface area contributed by atoms with E-state index in [0.29, 0.717) is 43.4 Å². The Bertz CT molecular complexity index is 1410. The first-order valence-electron chi connectivity index (χ1n) is 11.9. The van der Waals surface area contributed by atoms with Crippen LogP contribution >= 0.6 is 0 Å². The number of nitrogens with two attached hydrogens (primary N) is 1. The number of oxazole rings is 1. The first-order valence-corrected chi connectivity index (χ1v) is 11.9. The van der Waals surface area contributed by atoms with E-state index in [2.05, 4.69) is 14.9 Å². The number of carbonyl (C=O) groups excluding carboxylic acids is 2. The number of carbonyl (C=O) groups is 2. The van der Waals surface area contributed by atoms with Crippen molar-refractivity contribution in [3.8, 4) is 22.8 Å². The van der Waals surface area contributed by atoms with Gasteiger partial charge in [0.2, 0.25) is 5.89 Å². The third kappa shape index (κ3) is 4.77. The number of rotatable bonds is 4. The number of H-pyrrole nitrogens is 1. The summed E-state index contributed by atoms with van der Waals surface area (Å²) in [6.07, 6.45) is 1.58. The molecular weight excluding hydrogens is 458 g/mol. The number of aromatic amines is 1. The van der Waals surface area contributed by atoms with E-state index in [4.69, 9.17) is 14.9 Å². The number of primary amides is 1. The van der Waals surface area contributed by atoms with Crippen LogP contribution in [-0.2, 0) is 4.74 Å². The van der Waals surface area contributed by atoms with E-state index in [0.717, 1.165) is 22.2 Å². The van der Waals surface area contributed by atoms with Crippen molar-refractivity contribution in [2.75, 3.05) is 31.1 Å². The van der Waals surface area contributed by atoms with Crippen molar-refractivity contribution in [1.29, 1.82) is 0 Å². The fourth-order valence-corrected chi connectivity index (χ4v) is 4.28. The molecule has 0 bridgehead atoms. The maximum Gasteiger partial charge on any atom is 0.410 e. The summed E-state index contributed by atoms with van der Waals surface area (Å²) in [6, 6.07) is 15.5. The number of fused-ring (bicyclic) bond motifs is 1. The molecule has 0 atom stereocenters. The van der Waals surface area contributed by atoms with Gasteiger partial charge in [-0.2, -0.15) is 0 Å². The third-order valence-electron chi connectivity index (χ3n) is 6.09. The molecule has 0 spiro atoms. The van der Waals surface area contributed by atoms with Gasteiger partial charge in [0, 0.05) is 54.7 Å². The van der Waals surface area contributed by atoms with Gasteiger partial charge in [-0.25, -0.2) is 9.78 Å². The Morgan fingerprint density at radius 2 is 1.69 bits per heavy atom. The molecule has 36 heavy (non-hydrogen) atoms. The predicted octanol–water partition coefficient (Wildman–Crippen LogP) is 4.65. The van der Waals surface area contributed by atoms with Gasteiger partial charge < -0.3 is 29.7 Å². The lowest BCUT2D eigenvalue weighted by Crippen LogP contribution is -2.50. The highest BCUT2D eigenvalue weighted by atomic mass is 16.6. The molecule has 186 valence electrons. The lowest BCUT2D eigenvalue weighted by molar-refractivity contribution is 0.0240. The molecule has 2 amide bonds. The largest absolute Gasteiger partial charge is 0.444 e. The monoisotopic (exact) mass is 487 g/mol. The van der Waals surface area contributed by atoms with E-state index in [9.17, 15) is 9.59 Å². The van der Waals surface area contributed by atoms with Crippen molar-refractivity contribution >= 4 is 28.6 Å². The Balaban J connectivity index is 1.33. The number of benzene rings is 2. The summed E-state index contributed by atoms with van der Waals surface area (Å²) >= 11 is 0. The first-order chi connectivity index (χ1) is 17.2. The second-order valence-corrected chi connectivity index (χ2v) is 9.84. The molecule has 0 unspecified atom stereocenters. The van der Waals surface area contributed by atoms with Gasteiger partial charge in [0.1, 0.15) is 5.60 Å². The van der Waals surface area contributed by atoms with Crippen LogP contribution in [0.1, 0.15) is 31.3 Å². The molecule has 3 N–H and O–H groups in total. The topological polar surface area (TPSA) is 118 Å². The number of nitrogens with zero attached hydrogens (tertiary/aromatic N) is 3. The molecule has 2 aromatic carbocycles. The molecule has 2 aromatic heterocycles. The smallest absolute Gasteiger partial charge is 0.410 e. The molecule has 0 radical (unpaired) electrons. The average molecular weight is 488 g/mol. The predicted molar refractivity (Wildman–Crippen MR) is 138 cm³/mol. The quantitative estimate of drug-likeness (QED) is 0.433. The Hall–Kier alpha value is -4.27. The summed E-state index contributed by atoms with van der Waals surface area (Å²) in [5, 5.41) is 1.07. The molecular formula is C27H29N5O4. The van der Waals surface area contributed by atoms with Crippen LogP contribution in [0.15, 0.2) is 59.1 Å². The van der Waals surface area contributed by atoms with Crippen molar-refractivity contribution in [3.63, 3.8) is 0 Å². The number of nitrogens with one attached hydrogen (secondary N) is 1. The van der Waals surface area contributed by atoms with E-state index in [1.807, 2.05) is 75.5 Å². The summed E-state index contributed by atoms with van der Waals surface area (Å²) in [5.41, 5.74) is 8.62. The van der Waals surface area contributed by atoms with Gasteiger partial charge in [0.15, 0.2) is 11.5 Å². The van der Waals surface area contributed by atoms with Crippen LogP contribution in [0.4, 0.5) is 10.5 Å². The van der Waals surface area contributed by atoms with Crippen LogP contribution in [0.3, 0.4) is 0 Å². The zero-order valence-electron chi connectivity index (χ0n) is 20.6. The van der Waals surface area contributed by atoms with Crippen molar-refractivity contribution in [2.24, 2.45) is 5.73 Å². The SMILES string of the molecule is CC(C)(C)OC(=O)N1CCN(c2ccc(-c3oc(-c4ccc5cc[nH]c5c4)nc3C(N)=O)cc2)CC1. The maximum atomic E-state index is 12.3. The highest BCUT2D eigenvalue weighted by Gasteiger charge is 2.26. The minimum absolute atomic E-state index is 0.0929. The third-order valence-corrected chi connectivity index (χ3v) is 6.09. The number of hydrogen-bond acceptors (Lipinski definition) is 6. The fourth-order valence-electron chi connectivity index (χ4n) is 4.28. The summed E-state index contributed by atoms with van der Waals surface area (Å²) in [4.78, 5) is 36.0. The van der Waals surface area contributed by atoms with Crippen LogP contribution in [-0.4, -0.2) is 58.6 Å². The summed E-state index contributed by atoms with van der Waals surface area (Å²) in [7, 11) is 0. The molecule has 1 aliphatic heterocycles. The van der Waals surface area contributed by atoms with Crippen LogP contribution in [0.25, 0.3) is 33.7 Å². The molecule has 1 aliphatic rings. The van der Waals surface area contributed by atoms with E-state index in [1.54, 1.807) is 4.90 Å². The first kappa shape index (κ1) is 23.5. The number of aromatic nitrogens is 2. The highest BCUT2D eigenvalue weighted by Crippen LogP contribution is 2.32. The molecule has 0 saturated carbocycles. The molecule has 1 saturated heterocycles. The van der Waals surface area contributed by atoms with Gasteiger partial charge in [-0.3, -0.25) is 4.79 Å². The fraction of sp³-hybridized carbons (Fsp3) is 0.296. The molecule has 0 aliphatic carbocycles. The molecule has 9 heteroatoms. The summed E-state index contributed by atoms with van der Waals surface area (Å²) in [6.45, 7) is 8.15. The summed E-state index contributed by atoms with van der Waals surface area (Å²) < 4.78 is 11.5. The van der Waals surface area contributed by atoms with Crippen molar-refractivity contribution in [1.82, 2.24) is 14.9 Å². The zero-order valence-corrected chi connectivity index (χ0v) is 20.6. The van der Waals surface area contributed by atoms with Gasteiger partial charge >= 0.3 is 6.09 Å². The van der Waals surface area contributed by atoms with Crippen LogP contribution in [0.2, 0.25) is 0 Å². The Labute approximate surface area is 208 Å². The maximum absolute atomic E-state index is 12.3. The lowest BCUT2D eigenvalue weighted by Gasteiger charge is -2.36. The van der Waals surface area contributed by atoms with Gasteiger partial charge in [-0.05, 0) is 68.6 Å². The number of ether oxygens (including phenoxy) is 1. The average Bonchev–Trinajstić information content (AvgIpc) is 3.50. The normalized spacial score (nSPS) is 14.3. The highest BCUT2D eigenvalue weighted by molar-refractivity contribution is 5.97. The molecule has 4 aromatic rings. The lowest BCUT2D eigenvalue weighted by atomic mass is 10.1. The number of hydrogen-bond donors (Lipinski definition) is 2. The van der Waals surface area contributed by atoms with E-state index in [-0.39, 0.29) is 11.8 Å². The van der Waals surface area contributed by atoms with Gasteiger partial charge in [-0.15, -0.1) is 0 Å². The van der Waals surface area contributed by atoms with Crippen molar-refractivity contribution < 1.29 is 18.7 Å². The van der Waals surface area contributed by atoms with Gasteiger partial charge in [0.25, 0.3) is 5.91 Å². The second kappa shape index (κ2) is 9.07. The minimum atomic E-state index is -0.650. The van der Waals surface area contributed by atoms with Crippen LogP contribution < -0.4 is 10.6 Å². The Kier molecular flexibility index (Phi) is 5.91.